The molecule has 0 amide bonds. The van der Waals surface area contributed by atoms with E-state index in [1.54, 1.807) is 0 Å². The van der Waals surface area contributed by atoms with Crippen molar-refractivity contribution in [3.63, 3.8) is 0 Å². The fraction of sp³-hybridized carbons (Fsp3) is 0.429. The third-order valence-corrected chi connectivity index (χ3v) is 3.23. The highest BCUT2D eigenvalue weighted by atomic mass is 15.2. The summed E-state index contributed by atoms with van der Waals surface area (Å²) in [4.78, 5) is 4.58. The second kappa shape index (κ2) is 5.78. The summed E-state index contributed by atoms with van der Waals surface area (Å²) in [6.45, 7) is 2.03. The highest BCUT2D eigenvalue weighted by molar-refractivity contribution is 5.14. The number of pyridine rings is 1. The molecule has 96 valence electrons. The van der Waals surface area contributed by atoms with Crippen LogP contribution >= 0.6 is 0 Å². The van der Waals surface area contributed by atoms with Crippen LogP contribution in [0.5, 0.6) is 0 Å². The maximum atomic E-state index is 4.58. The van der Waals surface area contributed by atoms with Gasteiger partial charge in [0.05, 0.1) is 5.69 Å². The quantitative estimate of drug-likeness (QED) is 0.875. The minimum absolute atomic E-state index is 0.291. The van der Waals surface area contributed by atoms with Crippen LogP contribution in [0.4, 0.5) is 0 Å². The van der Waals surface area contributed by atoms with Crippen molar-refractivity contribution in [3.05, 3.63) is 47.5 Å². The van der Waals surface area contributed by atoms with E-state index in [9.17, 15) is 0 Å². The molecule has 0 fully saturated rings. The van der Waals surface area contributed by atoms with E-state index < -0.39 is 0 Å². The lowest BCUT2D eigenvalue weighted by atomic mass is 10.1. The fourth-order valence-electron chi connectivity index (χ4n) is 2.14. The predicted octanol–water partition coefficient (Wildman–Crippen LogP) is 2.02. The van der Waals surface area contributed by atoms with Crippen molar-refractivity contribution in [2.45, 2.75) is 25.8 Å². The van der Waals surface area contributed by atoms with E-state index in [0.717, 1.165) is 24.2 Å². The summed E-state index contributed by atoms with van der Waals surface area (Å²) < 4.78 is 1.93. The fourth-order valence-corrected chi connectivity index (χ4v) is 2.14. The van der Waals surface area contributed by atoms with Gasteiger partial charge in [-0.05, 0) is 45.0 Å². The first kappa shape index (κ1) is 12.8. The van der Waals surface area contributed by atoms with Gasteiger partial charge in [-0.2, -0.15) is 5.10 Å². The number of aryl methyl sites for hydroxylation is 3. The Kier molecular flexibility index (Phi) is 4.10. The van der Waals surface area contributed by atoms with Gasteiger partial charge in [0.2, 0.25) is 0 Å². The Bertz CT molecular complexity index is 504. The summed E-state index contributed by atoms with van der Waals surface area (Å²) in [5, 5.41) is 7.52. The van der Waals surface area contributed by atoms with Crippen LogP contribution in [0.15, 0.2) is 30.5 Å². The molecule has 1 N–H and O–H groups in total. The van der Waals surface area contributed by atoms with Crippen LogP contribution in [0.25, 0.3) is 0 Å². The smallest absolute Gasteiger partial charge is 0.0576 e. The van der Waals surface area contributed by atoms with E-state index in [-0.39, 0.29) is 0 Å². The maximum Gasteiger partial charge on any atom is 0.0576 e. The number of nitrogens with zero attached hydrogens (tertiary/aromatic N) is 3. The minimum atomic E-state index is 0.291. The van der Waals surface area contributed by atoms with Gasteiger partial charge >= 0.3 is 0 Å². The van der Waals surface area contributed by atoms with Crippen molar-refractivity contribution in [2.75, 3.05) is 7.05 Å². The highest BCUT2D eigenvalue weighted by Crippen LogP contribution is 2.17. The lowest BCUT2D eigenvalue weighted by Gasteiger charge is -2.16. The molecule has 0 bridgehead atoms. The first-order valence-corrected chi connectivity index (χ1v) is 6.28. The van der Waals surface area contributed by atoms with Crippen molar-refractivity contribution in [3.8, 4) is 0 Å². The molecule has 1 unspecified atom stereocenters. The zero-order valence-corrected chi connectivity index (χ0v) is 11.2. The molecule has 0 aliphatic heterocycles. The van der Waals surface area contributed by atoms with E-state index in [2.05, 4.69) is 33.6 Å². The predicted molar refractivity (Wildman–Crippen MR) is 72.3 cm³/mol. The summed E-state index contributed by atoms with van der Waals surface area (Å²) in [7, 11) is 3.96. The van der Waals surface area contributed by atoms with Crippen LogP contribution in [-0.2, 0) is 13.5 Å². The van der Waals surface area contributed by atoms with Crippen LogP contribution in [0.1, 0.15) is 29.5 Å². The third-order valence-electron chi connectivity index (χ3n) is 3.23. The molecular weight excluding hydrogens is 224 g/mol. The lowest BCUT2D eigenvalue weighted by molar-refractivity contribution is 0.523. The molecule has 2 aromatic heterocycles. The molecule has 0 saturated carbocycles. The van der Waals surface area contributed by atoms with Crippen LogP contribution in [0, 0.1) is 6.92 Å². The van der Waals surface area contributed by atoms with Gasteiger partial charge in [0, 0.05) is 30.7 Å². The second-order valence-corrected chi connectivity index (χ2v) is 4.53. The standard InChI is InChI=1S/C14H20N4/c1-11-5-4-6-14(17-11)13(15-2)8-7-12-9-10-16-18(12)3/h4-6,9-10,13,15H,7-8H2,1-3H3. The largest absolute Gasteiger partial charge is 0.312 e. The molecule has 4 heteroatoms. The molecule has 1 atom stereocenters. The molecule has 2 aromatic rings. The molecule has 0 saturated heterocycles. The number of rotatable bonds is 5. The topological polar surface area (TPSA) is 42.7 Å². The summed E-state index contributed by atoms with van der Waals surface area (Å²) >= 11 is 0. The lowest BCUT2D eigenvalue weighted by Crippen LogP contribution is -2.19. The molecule has 4 nitrogen and oxygen atoms in total. The van der Waals surface area contributed by atoms with Gasteiger partial charge in [-0.1, -0.05) is 6.07 Å². The van der Waals surface area contributed by atoms with E-state index in [1.165, 1.54) is 5.69 Å². The molecule has 0 aliphatic rings. The van der Waals surface area contributed by atoms with E-state index in [0.29, 0.717) is 6.04 Å². The molecule has 0 aromatic carbocycles. The average molecular weight is 244 g/mol. The molecule has 0 aliphatic carbocycles. The van der Waals surface area contributed by atoms with Crippen LogP contribution < -0.4 is 5.32 Å². The zero-order valence-electron chi connectivity index (χ0n) is 11.2. The van der Waals surface area contributed by atoms with Crippen LogP contribution in [0.3, 0.4) is 0 Å². The van der Waals surface area contributed by atoms with Gasteiger partial charge < -0.3 is 5.32 Å². The van der Waals surface area contributed by atoms with Crippen molar-refractivity contribution in [1.82, 2.24) is 20.1 Å². The Labute approximate surface area is 108 Å². The normalized spacial score (nSPS) is 12.6. The molecule has 2 heterocycles. The molecule has 18 heavy (non-hydrogen) atoms. The Hall–Kier alpha value is -1.68. The van der Waals surface area contributed by atoms with E-state index >= 15 is 0 Å². The van der Waals surface area contributed by atoms with Gasteiger partial charge in [0.15, 0.2) is 0 Å². The number of hydrogen-bond acceptors (Lipinski definition) is 3. The first-order valence-electron chi connectivity index (χ1n) is 6.28. The number of aromatic nitrogens is 3. The summed E-state index contributed by atoms with van der Waals surface area (Å²) in [5.41, 5.74) is 3.43. The van der Waals surface area contributed by atoms with Gasteiger partial charge in [-0.3, -0.25) is 9.67 Å². The highest BCUT2D eigenvalue weighted by Gasteiger charge is 2.11. The van der Waals surface area contributed by atoms with Gasteiger partial charge in [-0.25, -0.2) is 0 Å². The summed E-state index contributed by atoms with van der Waals surface area (Å²) in [5.74, 6) is 0. The Morgan fingerprint density at radius 1 is 1.33 bits per heavy atom. The van der Waals surface area contributed by atoms with Gasteiger partial charge in [-0.15, -0.1) is 0 Å². The van der Waals surface area contributed by atoms with Crippen molar-refractivity contribution in [2.24, 2.45) is 7.05 Å². The Morgan fingerprint density at radius 2 is 2.17 bits per heavy atom. The van der Waals surface area contributed by atoms with Crippen molar-refractivity contribution in [1.29, 1.82) is 0 Å². The Morgan fingerprint density at radius 3 is 2.78 bits per heavy atom. The zero-order chi connectivity index (χ0) is 13.0. The number of nitrogens with one attached hydrogen (secondary N) is 1. The van der Waals surface area contributed by atoms with Crippen molar-refractivity contribution >= 4 is 0 Å². The van der Waals surface area contributed by atoms with Gasteiger partial charge in [0.25, 0.3) is 0 Å². The monoisotopic (exact) mass is 244 g/mol. The molecule has 0 radical (unpaired) electrons. The van der Waals surface area contributed by atoms with Crippen molar-refractivity contribution < 1.29 is 0 Å². The SMILES string of the molecule is CNC(CCc1ccnn1C)c1cccc(C)n1. The van der Waals surface area contributed by atoms with Crippen LogP contribution in [-0.4, -0.2) is 21.8 Å². The maximum absolute atomic E-state index is 4.58. The second-order valence-electron chi connectivity index (χ2n) is 4.53. The van der Waals surface area contributed by atoms with Crippen LogP contribution in [0.2, 0.25) is 0 Å². The van der Waals surface area contributed by atoms with E-state index in [4.69, 9.17) is 0 Å². The first-order chi connectivity index (χ1) is 8.70. The summed E-state index contributed by atoms with van der Waals surface area (Å²) in [6.07, 6.45) is 3.86. The third kappa shape index (κ3) is 2.96. The minimum Gasteiger partial charge on any atom is -0.312 e. The van der Waals surface area contributed by atoms with Gasteiger partial charge in [0.1, 0.15) is 0 Å². The molecule has 0 spiro atoms. The molecule has 2 rings (SSSR count). The number of hydrogen-bond donors (Lipinski definition) is 1. The molecular formula is C14H20N4. The summed E-state index contributed by atoms with van der Waals surface area (Å²) in [6, 6.07) is 8.52. The average Bonchev–Trinajstić information content (AvgIpc) is 2.76. The Balaban J connectivity index is 2.04. The van der Waals surface area contributed by atoms with E-state index in [1.807, 2.05) is 38.0 Å².